The topological polar surface area (TPSA) is 66.5 Å². The van der Waals surface area contributed by atoms with E-state index in [0.29, 0.717) is 26.3 Å². The molecule has 0 radical (unpaired) electrons. The number of amides is 1. The van der Waals surface area contributed by atoms with E-state index in [1.165, 1.54) is 12.1 Å². The largest absolute Gasteiger partial charge is 0.350 e. The van der Waals surface area contributed by atoms with Gasteiger partial charge in [-0.3, -0.25) is 9.10 Å². The van der Waals surface area contributed by atoms with Gasteiger partial charge in [0, 0.05) is 21.6 Å². The molecule has 162 valence electrons. The molecule has 3 aromatic rings. The third-order valence-corrected chi connectivity index (χ3v) is 7.13. The van der Waals surface area contributed by atoms with Gasteiger partial charge in [0.1, 0.15) is 6.54 Å². The Kier molecular flexibility index (Phi) is 7.49. The van der Waals surface area contributed by atoms with E-state index in [9.17, 15) is 13.2 Å². The first-order valence-electron chi connectivity index (χ1n) is 9.22. The number of halogens is 3. The Morgan fingerprint density at radius 3 is 2.13 bits per heavy atom. The summed E-state index contributed by atoms with van der Waals surface area (Å²) in [5, 5.41) is 4.06. The van der Waals surface area contributed by atoms with Crippen LogP contribution < -0.4 is 9.62 Å². The number of hydrogen-bond donors (Lipinski definition) is 1. The molecule has 0 aliphatic rings. The molecule has 0 aromatic heterocycles. The first-order valence-corrected chi connectivity index (χ1v) is 11.8. The number of nitrogens with zero attached hydrogens (tertiary/aromatic N) is 1. The van der Waals surface area contributed by atoms with E-state index in [2.05, 4.69) is 5.32 Å². The highest BCUT2D eigenvalue weighted by Gasteiger charge is 2.27. The molecule has 31 heavy (non-hydrogen) atoms. The molecule has 3 rings (SSSR count). The van der Waals surface area contributed by atoms with Crippen LogP contribution in [0.3, 0.4) is 0 Å². The summed E-state index contributed by atoms with van der Waals surface area (Å²) in [5.74, 6) is -0.489. The Labute approximate surface area is 196 Å². The Bertz CT molecular complexity index is 1180. The summed E-state index contributed by atoms with van der Waals surface area (Å²) in [6.07, 6.45) is 0. The van der Waals surface area contributed by atoms with Gasteiger partial charge in [0.15, 0.2) is 0 Å². The highest BCUT2D eigenvalue weighted by Crippen LogP contribution is 2.25. The predicted molar refractivity (Wildman–Crippen MR) is 125 cm³/mol. The van der Waals surface area contributed by atoms with Gasteiger partial charge in [0.2, 0.25) is 5.91 Å². The highest BCUT2D eigenvalue weighted by atomic mass is 35.5. The van der Waals surface area contributed by atoms with E-state index >= 15 is 0 Å². The minimum atomic E-state index is -3.99. The zero-order chi connectivity index (χ0) is 22.6. The van der Waals surface area contributed by atoms with Crippen molar-refractivity contribution in [3.05, 3.63) is 92.9 Å². The van der Waals surface area contributed by atoms with E-state index in [-0.39, 0.29) is 11.4 Å². The molecule has 0 aliphatic carbocycles. The van der Waals surface area contributed by atoms with Crippen LogP contribution in [-0.2, 0) is 21.4 Å². The van der Waals surface area contributed by atoms with Crippen LogP contribution in [0.1, 0.15) is 11.1 Å². The number of carbonyl (C=O) groups is 1. The minimum Gasteiger partial charge on any atom is -0.350 e. The quantitative estimate of drug-likeness (QED) is 0.471. The number of rotatable bonds is 7. The third kappa shape index (κ3) is 5.92. The maximum Gasteiger partial charge on any atom is 0.264 e. The van der Waals surface area contributed by atoms with Crippen molar-refractivity contribution in [1.29, 1.82) is 0 Å². The predicted octanol–water partition coefficient (Wildman–Crippen LogP) is 5.47. The average molecular weight is 498 g/mol. The molecule has 0 bridgehead atoms. The fourth-order valence-corrected chi connectivity index (χ4v) is 4.83. The zero-order valence-corrected chi connectivity index (χ0v) is 19.6. The lowest BCUT2D eigenvalue weighted by molar-refractivity contribution is -0.119. The van der Waals surface area contributed by atoms with E-state index in [1.807, 2.05) is 6.92 Å². The molecule has 0 atom stereocenters. The molecule has 0 aliphatic heterocycles. The van der Waals surface area contributed by atoms with Gasteiger partial charge in [-0.25, -0.2) is 8.42 Å². The molecular formula is C22H19Cl3N2O3S. The second-order valence-corrected chi connectivity index (χ2v) is 9.96. The smallest absolute Gasteiger partial charge is 0.264 e. The molecule has 0 unspecified atom stereocenters. The lowest BCUT2D eigenvalue weighted by atomic mass is 10.2. The molecule has 9 heteroatoms. The van der Waals surface area contributed by atoms with Crippen LogP contribution in [0.25, 0.3) is 0 Å². The molecule has 0 heterocycles. The van der Waals surface area contributed by atoms with Crippen molar-refractivity contribution in [2.45, 2.75) is 18.4 Å². The van der Waals surface area contributed by atoms with Gasteiger partial charge in [-0.2, -0.15) is 0 Å². The number of sulfonamides is 1. The SMILES string of the molecule is Cc1ccc(S(=O)(=O)N(CC(=O)NCc2ccc(Cl)cc2Cl)c2ccc(Cl)cc2)cc1. The van der Waals surface area contributed by atoms with Crippen molar-refractivity contribution in [2.75, 3.05) is 10.8 Å². The van der Waals surface area contributed by atoms with E-state index < -0.39 is 22.5 Å². The van der Waals surface area contributed by atoms with Crippen molar-refractivity contribution < 1.29 is 13.2 Å². The first-order chi connectivity index (χ1) is 14.7. The summed E-state index contributed by atoms with van der Waals surface area (Å²) in [5.41, 5.74) is 1.91. The lowest BCUT2D eigenvalue weighted by Gasteiger charge is -2.24. The van der Waals surface area contributed by atoms with Gasteiger partial charge in [-0.1, -0.05) is 58.6 Å². The summed E-state index contributed by atoms with van der Waals surface area (Å²) in [7, 11) is -3.99. The van der Waals surface area contributed by atoms with Crippen LogP contribution in [0.4, 0.5) is 5.69 Å². The summed E-state index contributed by atoms with van der Waals surface area (Å²) < 4.78 is 27.7. The Morgan fingerprint density at radius 1 is 0.903 bits per heavy atom. The zero-order valence-electron chi connectivity index (χ0n) is 16.5. The normalized spacial score (nSPS) is 11.2. The monoisotopic (exact) mass is 496 g/mol. The molecule has 3 aromatic carbocycles. The van der Waals surface area contributed by atoms with Crippen molar-refractivity contribution in [1.82, 2.24) is 5.32 Å². The van der Waals surface area contributed by atoms with Crippen LogP contribution >= 0.6 is 34.8 Å². The summed E-state index contributed by atoms with van der Waals surface area (Å²) in [6.45, 7) is 1.58. The summed E-state index contributed by atoms with van der Waals surface area (Å²) in [6, 6.07) is 17.6. The first kappa shape index (κ1) is 23.4. The van der Waals surface area contributed by atoms with Crippen LogP contribution in [0, 0.1) is 6.92 Å². The Balaban J connectivity index is 1.85. The Morgan fingerprint density at radius 2 is 1.52 bits per heavy atom. The van der Waals surface area contributed by atoms with Gasteiger partial charge < -0.3 is 5.32 Å². The molecule has 0 spiro atoms. The van der Waals surface area contributed by atoms with Crippen LogP contribution in [0.5, 0.6) is 0 Å². The Hall–Kier alpha value is -2.25. The van der Waals surface area contributed by atoms with Gasteiger partial charge in [0.05, 0.1) is 10.6 Å². The van der Waals surface area contributed by atoms with Gasteiger partial charge in [-0.15, -0.1) is 0 Å². The molecule has 0 saturated carbocycles. The van der Waals surface area contributed by atoms with Crippen LogP contribution in [-0.4, -0.2) is 20.9 Å². The summed E-state index contributed by atoms with van der Waals surface area (Å²) in [4.78, 5) is 12.7. The summed E-state index contributed by atoms with van der Waals surface area (Å²) >= 11 is 18.0. The van der Waals surface area contributed by atoms with Crippen LogP contribution in [0.2, 0.25) is 15.1 Å². The van der Waals surface area contributed by atoms with Crippen molar-refractivity contribution in [3.63, 3.8) is 0 Å². The molecular weight excluding hydrogens is 479 g/mol. The lowest BCUT2D eigenvalue weighted by Crippen LogP contribution is -2.40. The van der Waals surface area contributed by atoms with E-state index in [0.717, 1.165) is 9.87 Å². The molecule has 0 saturated heterocycles. The highest BCUT2D eigenvalue weighted by molar-refractivity contribution is 7.92. The maximum atomic E-state index is 13.3. The number of anilines is 1. The molecule has 1 amide bonds. The number of nitrogens with one attached hydrogen (secondary N) is 1. The number of hydrogen-bond acceptors (Lipinski definition) is 3. The third-order valence-electron chi connectivity index (χ3n) is 4.50. The van der Waals surface area contributed by atoms with E-state index in [4.69, 9.17) is 34.8 Å². The fraction of sp³-hybridized carbons (Fsp3) is 0.136. The maximum absolute atomic E-state index is 13.3. The van der Waals surface area contributed by atoms with Crippen molar-refractivity contribution in [2.24, 2.45) is 0 Å². The standard InChI is InChI=1S/C22H19Cl3N2O3S/c1-15-2-10-20(11-3-15)31(29,30)27(19-8-6-17(23)7-9-19)14-22(28)26-13-16-4-5-18(24)12-21(16)25/h2-12H,13-14H2,1H3,(H,26,28). The van der Waals surface area contributed by atoms with Crippen LogP contribution in [0.15, 0.2) is 71.6 Å². The van der Waals surface area contributed by atoms with Crippen molar-refractivity contribution >= 4 is 56.4 Å². The molecule has 5 nitrogen and oxygen atoms in total. The number of benzene rings is 3. The number of carbonyl (C=O) groups excluding carboxylic acids is 1. The van der Waals surface area contributed by atoms with Gasteiger partial charge >= 0.3 is 0 Å². The van der Waals surface area contributed by atoms with Gasteiger partial charge in [-0.05, 0) is 61.0 Å². The second kappa shape index (κ2) is 9.92. The van der Waals surface area contributed by atoms with Crippen molar-refractivity contribution in [3.8, 4) is 0 Å². The van der Waals surface area contributed by atoms with Gasteiger partial charge in [0.25, 0.3) is 10.0 Å². The fourth-order valence-electron chi connectivity index (χ4n) is 2.81. The minimum absolute atomic E-state index is 0.0848. The average Bonchev–Trinajstić information content (AvgIpc) is 2.72. The molecule has 0 fully saturated rings. The van der Waals surface area contributed by atoms with E-state index in [1.54, 1.807) is 54.6 Å². The second-order valence-electron chi connectivity index (χ2n) is 6.81. The molecule has 1 N–H and O–H groups in total. The number of aryl methyl sites for hydroxylation is 1.